The number of rotatable bonds is 9. The molecule has 0 rings (SSSR count). The molecule has 0 bridgehead atoms. The normalized spacial score (nSPS) is 13.7. The van der Waals surface area contributed by atoms with E-state index in [1.54, 1.807) is 6.08 Å². The molecular formula is C11H22O3S. The number of hydrogen-bond acceptors (Lipinski definition) is 3. The maximum Gasteiger partial charge on any atom is 0.264 e. The fourth-order valence-electron chi connectivity index (χ4n) is 1.44. The summed E-state index contributed by atoms with van der Waals surface area (Å²) in [6, 6.07) is 0. The summed E-state index contributed by atoms with van der Waals surface area (Å²) in [5.41, 5.74) is 0. The highest BCUT2D eigenvalue weighted by Gasteiger charge is 2.13. The molecule has 0 fully saturated rings. The second kappa shape index (κ2) is 7.88. The SMILES string of the molecule is C=CCC(CCCCCC)OS(C)(=O)=O. The van der Waals surface area contributed by atoms with Crippen molar-refractivity contribution in [2.45, 2.75) is 51.6 Å². The van der Waals surface area contributed by atoms with Crippen LogP contribution in [-0.4, -0.2) is 20.8 Å². The fraction of sp³-hybridized carbons (Fsp3) is 0.818. The van der Waals surface area contributed by atoms with E-state index in [2.05, 4.69) is 13.5 Å². The highest BCUT2D eigenvalue weighted by Crippen LogP contribution is 2.13. The van der Waals surface area contributed by atoms with Gasteiger partial charge in [-0.05, 0) is 12.8 Å². The lowest BCUT2D eigenvalue weighted by atomic mass is 10.1. The topological polar surface area (TPSA) is 43.4 Å². The Balaban J connectivity index is 3.88. The molecule has 15 heavy (non-hydrogen) atoms. The minimum atomic E-state index is -3.34. The molecule has 0 amide bonds. The lowest BCUT2D eigenvalue weighted by molar-refractivity contribution is 0.199. The Labute approximate surface area is 93.6 Å². The predicted molar refractivity (Wildman–Crippen MR) is 63.3 cm³/mol. The van der Waals surface area contributed by atoms with Crippen LogP contribution in [0.4, 0.5) is 0 Å². The Bertz CT molecular complexity index is 257. The Kier molecular flexibility index (Phi) is 7.70. The first-order valence-corrected chi connectivity index (χ1v) is 7.30. The van der Waals surface area contributed by atoms with E-state index < -0.39 is 10.1 Å². The lowest BCUT2D eigenvalue weighted by Gasteiger charge is -2.13. The van der Waals surface area contributed by atoms with Crippen LogP contribution in [0.25, 0.3) is 0 Å². The van der Waals surface area contributed by atoms with E-state index in [-0.39, 0.29) is 6.10 Å². The molecule has 0 aliphatic rings. The summed E-state index contributed by atoms with van der Waals surface area (Å²) in [6.45, 7) is 5.75. The van der Waals surface area contributed by atoms with Crippen LogP contribution in [0, 0.1) is 0 Å². The zero-order valence-corrected chi connectivity index (χ0v) is 10.6. The smallest absolute Gasteiger partial charge is 0.264 e. The van der Waals surface area contributed by atoms with Gasteiger partial charge >= 0.3 is 0 Å². The van der Waals surface area contributed by atoms with Crippen LogP contribution < -0.4 is 0 Å². The fourth-order valence-corrected chi connectivity index (χ4v) is 2.11. The molecule has 0 saturated heterocycles. The maximum absolute atomic E-state index is 10.9. The van der Waals surface area contributed by atoms with Crippen LogP contribution in [0.15, 0.2) is 12.7 Å². The van der Waals surface area contributed by atoms with Crippen LogP contribution in [0.5, 0.6) is 0 Å². The van der Waals surface area contributed by atoms with Gasteiger partial charge in [0.25, 0.3) is 10.1 Å². The van der Waals surface area contributed by atoms with Gasteiger partial charge < -0.3 is 0 Å². The highest BCUT2D eigenvalue weighted by atomic mass is 32.2. The van der Waals surface area contributed by atoms with Gasteiger partial charge in [-0.15, -0.1) is 6.58 Å². The van der Waals surface area contributed by atoms with Gasteiger partial charge in [-0.3, -0.25) is 4.18 Å². The van der Waals surface area contributed by atoms with Crippen molar-refractivity contribution in [3.05, 3.63) is 12.7 Å². The van der Waals surface area contributed by atoms with Crippen molar-refractivity contribution in [1.82, 2.24) is 0 Å². The lowest BCUT2D eigenvalue weighted by Crippen LogP contribution is -2.16. The van der Waals surface area contributed by atoms with Gasteiger partial charge in [0.2, 0.25) is 0 Å². The molecule has 90 valence electrons. The molecule has 0 saturated carbocycles. The van der Waals surface area contributed by atoms with Crippen molar-refractivity contribution < 1.29 is 12.6 Å². The second-order valence-corrected chi connectivity index (χ2v) is 5.40. The summed E-state index contributed by atoms with van der Waals surface area (Å²) in [6.07, 6.45) is 8.48. The Hall–Kier alpha value is -0.350. The molecule has 0 aliphatic carbocycles. The largest absolute Gasteiger partial charge is 0.267 e. The zero-order chi connectivity index (χ0) is 11.7. The third-order valence-corrected chi connectivity index (χ3v) is 2.74. The molecule has 3 nitrogen and oxygen atoms in total. The van der Waals surface area contributed by atoms with E-state index in [1.165, 1.54) is 12.8 Å². The molecule has 0 aromatic heterocycles. The first-order valence-electron chi connectivity index (χ1n) is 5.48. The van der Waals surface area contributed by atoms with E-state index >= 15 is 0 Å². The Morgan fingerprint density at radius 1 is 1.33 bits per heavy atom. The van der Waals surface area contributed by atoms with Gasteiger partial charge in [-0.1, -0.05) is 38.7 Å². The van der Waals surface area contributed by atoms with Crippen LogP contribution in [0.1, 0.15) is 45.4 Å². The predicted octanol–water partition coefficient (Wildman–Crippen LogP) is 2.88. The second-order valence-electron chi connectivity index (χ2n) is 3.80. The molecule has 0 N–H and O–H groups in total. The molecule has 0 aliphatic heterocycles. The molecule has 0 radical (unpaired) electrons. The molecule has 1 unspecified atom stereocenters. The summed E-state index contributed by atoms with van der Waals surface area (Å²) in [5, 5.41) is 0. The van der Waals surface area contributed by atoms with Crippen molar-refractivity contribution in [1.29, 1.82) is 0 Å². The Morgan fingerprint density at radius 3 is 2.47 bits per heavy atom. The first-order chi connectivity index (χ1) is 6.99. The van der Waals surface area contributed by atoms with Crippen LogP contribution in [0.3, 0.4) is 0 Å². The van der Waals surface area contributed by atoms with Crippen molar-refractivity contribution in [3.63, 3.8) is 0 Å². The summed E-state index contributed by atoms with van der Waals surface area (Å²) in [5.74, 6) is 0. The Morgan fingerprint density at radius 2 is 2.00 bits per heavy atom. The molecule has 4 heteroatoms. The molecule has 0 aromatic rings. The summed E-state index contributed by atoms with van der Waals surface area (Å²) < 4.78 is 26.9. The van der Waals surface area contributed by atoms with Gasteiger partial charge in [0.05, 0.1) is 12.4 Å². The van der Waals surface area contributed by atoms with E-state index in [0.717, 1.165) is 25.5 Å². The molecular weight excluding hydrogens is 212 g/mol. The quantitative estimate of drug-likeness (QED) is 0.350. The van der Waals surface area contributed by atoms with E-state index in [4.69, 9.17) is 4.18 Å². The minimum Gasteiger partial charge on any atom is -0.267 e. The summed E-state index contributed by atoms with van der Waals surface area (Å²) in [4.78, 5) is 0. The van der Waals surface area contributed by atoms with Crippen molar-refractivity contribution in [2.75, 3.05) is 6.26 Å². The standard InChI is InChI=1S/C11H22O3S/c1-4-6-7-8-10-11(9-5-2)14-15(3,12)13/h5,11H,2,4,6-10H2,1,3H3. The van der Waals surface area contributed by atoms with Gasteiger partial charge in [0.1, 0.15) is 0 Å². The summed E-state index contributed by atoms with van der Waals surface area (Å²) >= 11 is 0. The molecule has 0 spiro atoms. The van der Waals surface area contributed by atoms with Crippen LogP contribution in [-0.2, 0) is 14.3 Å². The molecule has 0 heterocycles. The monoisotopic (exact) mass is 234 g/mol. The highest BCUT2D eigenvalue weighted by molar-refractivity contribution is 7.86. The van der Waals surface area contributed by atoms with Crippen molar-refractivity contribution in [3.8, 4) is 0 Å². The average Bonchev–Trinajstić information content (AvgIpc) is 2.10. The third kappa shape index (κ3) is 9.94. The van der Waals surface area contributed by atoms with Gasteiger partial charge in [-0.25, -0.2) is 0 Å². The van der Waals surface area contributed by atoms with E-state index in [1.807, 2.05) is 0 Å². The van der Waals surface area contributed by atoms with Crippen LogP contribution in [0.2, 0.25) is 0 Å². The number of hydrogen-bond donors (Lipinski definition) is 0. The van der Waals surface area contributed by atoms with Crippen LogP contribution >= 0.6 is 0 Å². The van der Waals surface area contributed by atoms with E-state index in [9.17, 15) is 8.42 Å². The third-order valence-electron chi connectivity index (χ3n) is 2.12. The molecule has 0 aromatic carbocycles. The van der Waals surface area contributed by atoms with Gasteiger partial charge in [0.15, 0.2) is 0 Å². The first kappa shape index (κ1) is 14.6. The van der Waals surface area contributed by atoms with E-state index in [0.29, 0.717) is 6.42 Å². The van der Waals surface area contributed by atoms with Gasteiger partial charge in [0, 0.05) is 0 Å². The number of unbranched alkanes of at least 4 members (excludes halogenated alkanes) is 3. The average molecular weight is 234 g/mol. The summed E-state index contributed by atoms with van der Waals surface area (Å²) in [7, 11) is -3.34. The van der Waals surface area contributed by atoms with Crippen molar-refractivity contribution >= 4 is 10.1 Å². The molecule has 1 atom stereocenters. The van der Waals surface area contributed by atoms with Gasteiger partial charge in [-0.2, -0.15) is 8.42 Å². The zero-order valence-electron chi connectivity index (χ0n) is 9.74. The van der Waals surface area contributed by atoms with Crippen molar-refractivity contribution in [2.24, 2.45) is 0 Å². The minimum absolute atomic E-state index is 0.227. The maximum atomic E-state index is 10.9.